The molecule has 0 unspecified atom stereocenters. The minimum absolute atomic E-state index is 0.512. The van der Waals surface area contributed by atoms with Gasteiger partial charge in [0.05, 0.1) is 10.0 Å². The third-order valence-electron chi connectivity index (χ3n) is 1.32. The molecule has 0 spiro atoms. The van der Waals surface area contributed by atoms with Gasteiger partial charge in [-0.2, -0.15) is 0 Å². The molecule has 0 nitrogen and oxygen atoms in total. The zero-order chi connectivity index (χ0) is 8.97. The second-order valence-corrected chi connectivity index (χ2v) is 4.21. The number of rotatable bonds is 3. The Balaban J connectivity index is 2.78. The molecule has 1 rings (SSSR count). The molecule has 3 heteroatoms. The van der Waals surface area contributed by atoms with Gasteiger partial charge < -0.3 is 0 Å². The van der Waals surface area contributed by atoms with Gasteiger partial charge in [0.25, 0.3) is 0 Å². The zero-order valence-corrected chi connectivity index (χ0v) is 9.06. The number of benzene rings is 1. The molecule has 1 radical (unpaired) electrons. The van der Waals surface area contributed by atoms with Crippen LogP contribution in [0.25, 0.3) is 0 Å². The maximum Gasteiger partial charge on any atom is 0.0734 e. The van der Waals surface area contributed by atoms with E-state index in [0.717, 1.165) is 17.1 Å². The molecule has 12 heavy (non-hydrogen) atoms. The molecule has 0 bridgehead atoms. The lowest BCUT2D eigenvalue weighted by Gasteiger charge is -2.02. The van der Waals surface area contributed by atoms with E-state index >= 15 is 0 Å². The number of thioether (sulfide) groups is 1. The number of halogens is 2. The van der Waals surface area contributed by atoms with Gasteiger partial charge in [-0.25, -0.2) is 0 Å². The standard InChI is InChI=1S/C9H9Cl2S/c1-2-6-12-8-5-3-4-7(10)9(8)11/h3,5H,2,6H2,1H3. The van der Waals surface area contributed by atoms with Gasteiger partial charge in [0, 0.05) is 11.0 Å². The summed E-state index contributed by atoms with van der Waals surface area (Å²) in [5, 5.41) is 1.13. The van der Waals surface area contributed by atoms with Crippen LogP contribution in [-0.2, 0) is 0 Å². The number of hydrogen-bond donors (Lipinski definition) is 0. The van der Waals surface area contributed by atoms with E-state index < -0.39 is 0 Å². The Morgan fingerprint density at radius 2 is 2.25 bits per heavy atom. The quantitative estimate of drug-likeness (QED) is 0.684. The Kier molecular flexibility index (Phi) is 4.27. The minimum Gasteiger partial charge on any atom is -0.125 e. The highest BCUT2D eigenvalue weighted by Crippen LogP contribution is 2.32. The molecule has 0 saturated heterocycles. The smallest absolute Gasteiger partial charge is 0.0734 e. The van der Waals surface area contributed by atoms with Crippen LogP contribution in [0.15, 0.2) is 17.0 Å². The van der Waals surface area contributed by atoms with Crippen molar-refractivity contribution in [3.8, 4) is 0 Å². The summed E-state index contributed by atoms with van der Waals surface area (Å²) in [6.07, 6.45) is 1.14. The van der Waals surface area contributed by atoms with Crippen LogP contribution in [0, 0.1) is 6.07 Å². The van der Waals surface area contributed by atoms with Crippen molar-refractivity contribution in [2.24, 2.45) is 0 Å². The maximum absolute atomic E-state index is 5.94. The largest absolute Gasteiger partial charge is 0.125 e. The molecule has 65 valence electrons. The molecule has 0 saturated carbocycles. The summed E-state index contributed by atoms with van der Waals surface area (Å²) in [5.74, 6) is 1.07. The van der Waals surface area contributed by atoms with Crippen molar-refractivity contribution in [1.82, 2.24) is 0 Å². The van der Waals surface area contributed by atoms with E-state index in [1.807, 2.05) is 6.07 Å². The Morgan fingerprint density at radius 3 is 2.92 bits per heavy atom. The van der Waals surface area contributed by atoms with E-state index in [4.69, 9.17) is 23.2 Å². The lowest BCUT2D eigenvalue weighted by molar-refractivity contribution is 1.10. The van der Waals surface area contributed by atoms with Crippen molar-refractivity contribution in [2.75, 3.05) is 5.75 Å². The Labute approximate surface area is 87.3 Å². The fourth-order valence-corrected chi connectivity index (χ4v) is 2.08. The van der Waals surface area contributed by atoms with E-state index in [2.05, 4.69) is 13.0 Å². The van der Waals surface area contributed by atoms with Gasteiger partial charge in [0.15, 0.2) is 0 Å². The van der Waals surface area contributed by atoms with Crippen molar-refractivity contribution in [1.29, 1.82) is 0 Å². The molecule has 0 aliphatic carbocycles. The van der Waals surface area contributed by atoms with Crippen molar-refractivity contribution >= 4 is 35.0 Å². The SMILES string of the molecule is CCCSc1cc[c]c(Cl)c1Cl. The van der Waals surface area contributed by atoms with Gasteiger partial charge in [-0.15, -0.1) is 11.8 Å². The third kappa shape index (κ3) is 2.58. The van der Waals surface area contributed by atoms with Gasteiger partial charge in [0.1, 0.15) is 0 Å². The first-order chi connectivity index (χ1) is 5.75. The minimum atomic E-state index is 0.512. The number of hydrogen-bond acceptors (Lipinski definition) is 1. The van der Waals surface area contributed by atoms with Crippen LogP contribution in [0.3, 0.4) is 0 Å². The highest BCUT2D eigenvalue weighted by molar-refractivity contribution is 7.99. The summed E-state index contributed by atoms with van der Waals surface area (Å²) in [5.41, 5.74) is 0. The van der Waals surface area contributed by atoms with Crippen molar-refractivity contribution in [3.05, 3.63) is 28.2 Å². The summed E-state index contributed by atoms with van der Waals surface area (Å²) in [6, 6.07) is 6.57. The predicted octanol–water partition coefficient (Wildman–Crippen LogP) is 4.30. The molecule has 0 heterocycles. The molecule has 0 fully saturated rings. The Morgan fingerprint density at radius 1 is 1.50 bits per heavy atom. The highest BCUT2D eigenvalue weighted by atomic mass is 35.5. The lowest BCUT2D eigenvalue weighted by Crippen LogP contribution is -1.78. The summed E-state index contributed by atoms with van der Waals surface area (Å²) < 4.78 is 0. The van der Waals surface area contributed by atoms with Crippen LogP contribution in [0.5, 0.6) is 0 Å². The van der Waals surface area contributed by atoms with Gasteiger partial charge in [-0.3, -0.25) is 0 Å². The molecule has 0 aromatic heterocycles. The van der Waals surface area contributed by atoms with E-state index in [-0.39, 0.29) is 0 Å². The lowest BCUT2D eigenvalue weighted by atomic mass is 10.4. The van der Waals surface area contributed by atoms with Crippen LogP contribution in [0.4, 0.5) is 0 Å². The monoisotopic (exact) mass is 219 g/mol. The van der Waals surface area contributed by atoms with E-state index in [1.165, 1.54) is 0 Å². The van der Waals surface area contributed by atoms with E-state index in [9.17, 15) is 0 Å². The van der Waals surface area contributed by atoms with Gasteiger partial charge in [0.2, 0.25) is 0 Å². The topological polar surface area (TPSA) is 0 Å². The normalized spacial score (nSPS) is 10.2. The van der Waals surface area contributed by atoms with Crippen molar-refractivity contribution in [2.45, 2.75) is 18.2 Å². The van der Waals surface area contributed by atoms with Crippen molar-refractivity contribution in [3.63, 3.8) is 0 Å². The van der Waals surface area contributed by atoms with Gasteiger partial charge in [-0.05, 0) is 18.2 Å². The fraction of sp³-hybridized carbons (Fsp3) is 0.333. The van der Waals surface area contributed by atoms with Crippen LogP contribution in [0.1, 0.15) is 13.3 Å². The second-order valence-electron chi connectivity index (χ2n) is 2.32. The average molecular weight is 220 g/mol. The molecule has 0 aliphatic heterocycles. The van der Waals surface area contributed by atoms with Crippen molar-refractivity contribution < 1.29 is 0 Å². The first kappa shape index (κ1) is 10.2. The second kappa shape index (κ2) is 5.00. The third-order valence-corrected chi connectivity index (χ3v) is 3.48. The molecule has 1 aromatic carbocycles. The van der Waals surface area contributed by atoms with Crippen LogP contribution >= 0.6 is 35.0 Å². The molecule has 0 aliphatic rings. The van der Waals surface area contributed by atoms with Gasteiger partial charge >= 0.3 is 0 Å². The molecule has 1 aromatic rings. The first-order valence-electron chi connectivity index (χ1n) is 3.74. The molecular weight excluding hydrogens is 211 g/mol. The Bertz CT molecular complexity index is 261. The average Bonchev–Trinajstić information content (AvgIpc) is 2.08. The maximum atomic E-state index is 5.94. The Hall–Kier alpha value is 0.150. The van der Waals surface area contributed by atoms with E-state index in [0.29, 0.717) is 10.0 Å². The molecule has 0 amide bonds. The van der Waals surface area contributed by atoms with Crippen LogP contribution in [0.2, 0.25) is 10.0 Å². The fourth-order valence-electron chi connectivity index (χ4n) is 0.759. The zero-order valence-electron chi connectivity index (χ0n) is 6.73. The molecule has 0 atom stereocenters. The predicted molar refractivity (Wildman–Crippen MR) is 56.3 cm³/mol. The summed E-state index contributed by atoms with van der Waals surface area (Å²) in [6.45, 7) is 2.14. The van der Waals surface area contributed by atoms with Crippen LogP contribution in [-0.4, -0.2) is 5.75 Å². The molecular formula is C9H9Cl2S. The van der Waals surface area contributed by atoms with Crippen LogP contribution < -0.4 is 0 Å². The summed E-state index contributed by atoms with van der Waals surface area (Å²) in [4.78, 5) is 1.04. The summed E-state index contributed by atoms with van der Waals surface area (Å²) in [7, 11) is 0. The van der Waals surface area contributed by atoms with E-state index in [1.54, 1.807) is 17.8 Å². The molecule has 0 N–H and O–H groups in total. The highest BCUT2D eigenvalue weighted by Gasteiger charge is 2.03. The van der Waals surface area contributed by atoms with Gasteiger partial charge in [-0.1, -0.05) is 36.2 Å². The first-order valence-corrected chi connectivity index (χ1v) is 5.48. The summed E-state index contributed by atoms with van der Waals surface area (Å²) >= 11 is 13.5.